The molecular weight excluding hydrogens is 377 g/mol. The SMILES string of the molecule is COC(=O)c1cc(-c2cccc(OC)c2)nn1CC(=O)NCc1cccc(F)c1. The molecule has 0 aliphatic heterocycles. The van der Waals surface area contributed by atoms with Crippen molar-refractivity contribution < 1.29 is 23.5 Å². The number of hydrogen-bond acceptors (Lipinski definition) is 5. The van der Waals surface area contributed by atoms with Crippen molar-refractivity contribution in [1.29, 1.82) is 0 Å². The molecule has 3 aromatic rings. The van der Waals surface area contributed by atoms with Gasteiger partial charge >= 0.3 is 5.97 Å². The fraction of sp³-hybridized carbons (Fsp3) is 0.190. The second kappa shape index (κ2) is 9.01. The van der Waals surface area contributed by atoms with Gasteiger partial charge in [-0.3, -0.25) is 4.79 Å². The van der Waals surface area contributed by atoms with E-state index in [2.05, 4.69) is 10.4 Å². The molecule has 2 aromatic carbocycles. The van der Waals surface area contributed by atoms with Crippen LogP contribution in [0.5, 0.6) is 5.75 Å². The quantitative estimate of drug-likeness (QED) is 0.620. The maximum atomic E-state index is 13.3. The lowest BCUT2D eigenvalue weighted by Crippen LogP contribution is -2.29. The zero-order chi connectivity index (χ0) is 20.8. The Morgan fingerprint density at radius 2 is 1.90 bits per heavy atom. The maximum Gasteiger partial charge on any atom is 0.356 e. The van der Waals surface area contributed by atoms with Crippen LogP contribution in [0.25, 0.3) is 11.3 Å². The van der Waals surface area contributed by atoms with Crippen molar-refractivity contribution in [2.45, 2.75) is 13.1 Å². The van der Waals surface area contributed by atoms with Crippen LogP contribution in [0.2, 0.25) is 0 Å². The van der Waals surface area contributed by atoms with Crippen LogP contribution in [0.1, 0.15) is 16.1 Å². The van der Waals surface area contributed by atoms with Crippen LogP contribution < -0.4 is 10.1 Å². The van der Waals surface area contributed by atoms with Crippen molar-refractivity contribution in [1.82, 2.24) is 15.1 Å². The number of ether oxygens (including phenoxy) is 2. The Labute approximate surface area is 167 Å². The maximum absolute atomic E-state index is 13.3. The third-order valence-electron chi connectivity index (χ3n) is 4.21. The van der Waals surface area contributed by atoms with Gasteiger partial charge in [0.05, 0.1) is 19.9 Å². The number of esters is 1. The van der Waals surface area contributed by atoms with Gasteiger partial charge in [0.2, 0.25) is 5.91 Å². The Hall–Kier alpha value is -3.68. The van der Waals surface area contributed by atoms with Gasteiger partial charge in [-0.15, -0.1) is 0 Å². The van der Waals surface area contributed by atoms with E-state index in [0.29, 0.717) is 17.0 Å². The first-order valence-corrected chi connectivity index (χ1v) is 8.82. The summed E-state index contributed by atoms with van der Waals surface area (Å²) in [5.74, 6) is -0.714. The van der Waals surface area contributed by atoms with Crippen LogP contribution in [-0.4, -0.2) is 35.9 Å². The molecule has 1 amide bonds. The van der Waals surface area contributed by atoms with Crippen LogP contribution in [0.15, 0.2) is 54.6 Å². The average molecular weight is 397 g/mol. The topological polar surface area (TPSA) is 82.5 Å². The Morgan fingerprint density at radius 3 is 2.62 bits per heavy atom. The molecule has 0 aliphatic carbocycles. The molecule has 7 nitrogen and oxygen atoms in total. The molecule has 0 fully saturated rings. The van der Waals surface area contributed by atoms with Crippen LogP contribution in [0, 0.1) is 5.82 Å². The van der Waals surface area contributed by atoms with Crippen molar-refractivity contribution in [3.05, 3.63) is 71.7 Å². The molecule has 29 heavy (non-hydrogen) atoms. The molecule has 1 N–H and O–H groups in total. The normalized spacial score (nSPS) is 10.4. The van der Waals surface area contributed by atoms with Gasteiger partial charge in [-0.1, -0.05) is 24.3 Å². The molecule has 0 aliphatic rings. The highest BCUT2D eigenvalue weighted by Crippen LogP contribution is 2.24. The van der Waals surface area contributed by atoms with E-state index in [-0.39, 0.29) is 30.5 Å². The predicted octanol–water partition coefficient (Wildman–Crippen LogP) is 2.80. The third-order valence-corrected chi connectivity index (χ3v) is 4.21. The second-order valence-electron chi connectivity index (χ2n) is 6.20. The average Bonchev–Trinajstić information content (AvgIpc) is 3.15. The van der Waals surface area contributed by atoms with Gasteiger partial charge in [0, 0.05) is 12.1 Å². The number of benzene rings is 2. The van der Waals surface area contributed by atoms with Gasteiger partial charge in [0.25, 0.3) is 0 Å². The molecule has 1 aromatic heterocycles. The number of hydrogen-bond donors (Lipinski definition) is 1. The van der Waals surface area contributed by atoms with E-state index in [9.17, 15) is 14.0 Å². The first-order valence-electron chi connectivity index (χ1n) is 8.82. The molecular formula is C21H20FN3O4. The van der Waals surface area contributed by atoms with Gasteiger partial charge < -0.3 is 14.8 Å². The van der Waals surface area contributed by atoms with Gasteiger partial charge in [0.15, 0.2) is 0 Å². The first-order chi connectivity index (χ1) is 14.0. The van der Waals surface area contributed by atoms with Crippen LogP contribution in [0.4, 0.5) is 4.39 Å². The Morgan fingerprint density at radius 1 is 1.10 bits per heavy atom. The molecule has 0 spiro atoms. The van der Waals surface area contributed by atoms with E-state index in [1.54, 1.807) is 43.5 Å². The van der Waals surface area contributed by atoms with Gasteiger partial charge in [-0.05, 0) is 35.9 Å². The van der Waals surface area contributed by atoms with Crippen molar-refractivity contribution in [3.8, 4) is 17.0 Å². The third kappa shape index (κ3) is 4.98. The Balaban J connectivity index is 1.78. The van der Waals surface area contributed by atoms with Crippen molar-refractivity contribution in [3.63, 3.8) is 0 Å². The predicted molar refractivity (Wildman–Crippen MR) is 104 cm³/mol. The van der Waals surface area contributed by atoms with Gasteiger partial charge in [-0.25, -0.2) is 13.9 Å². The highest BCUT2D eigenvalue weighted by Gasteiger charge is 2.19. The summed E-state index contributed by atoms with van der Waals surface area (Å²) in [6, 6.07) is 14.7. The summed E-state index contributed by atoms with van der Waals surface area (Å²) in [7, 11) is 2.81. The number of rotatable bonds is 7. The molecule has 8 heteroatoms. The zero-order valence-corrected chi connectivity index (χ0v) is 16.0. The monoisotopic (exact) mass is 397 g/mol. The molecule has 0 atom stereocenters. The minimum Gasteiger partial charge on any atom is -0.497 e. The van der Waals surface area contributed by atoms with E-state index in [0.717, 1.165) is 5.56 Å². The first kappa shape index (κ1) is 20.1. The highest BCUT2D eigenvalue weighted by molar-refractivity contribution is 5.89. The van der Waals surface area contributed by atoms with Crippen molar-refractivity contribution in [2.24, 2.45) is 0 Å². The summed E-state index contributed by atoms with van der Waals surface area (Å²) < 4.78 is 24.5. The molecule has 0 saturated carbocycles. The minimum atomic E-state index is -0.607. The number of halogens is 1. The smallest absolute Gasteiger partial charge is 0.356 e. The summed E-state index contributed by atoms with van der Waals surface area (Å²) in [6.45, 7) is -0.0299. The van der Waals surface area contributed by atoms with Gasteiger partial charge in [0.1, 0.15) is 23.8 Å². The summed E-state index contributed by atoms with van der Waals surface area (Å²) in [4.78, 5) is 24.5. The van der Waals surface area contributed by atoms with E-state index < -0.39 is 5.97 Å². The number of carbonyl (C=O) groups is 2. The summed E-state index contributed by atoms with van der Waals surface area (Å²) >= 11 is 0. The molecule has 0 radical (unpaired) electrons. The van der Waals surface area contributed by atoms with E-state index >= 15 is 0 Å². The molecule has 0 unspecified atom stereocenters. The number of methoxy groups -OCH3 is 2. The lowest BCUT2D eigenvalue weighted by Gasteiger charge is -2.08. The standard InChI is InChI=1S/C21H20FN3O4/c1-28-17-8-4-6-15(10-17)18-11-19(21(27)29-2)25(24-18)13-20(26)23-12-14-5-3-7-16(22)9-14/h3-11H,12-13H2,1-2H3,(H,23,26). The number of amides is 1. The molecule has 0 bridgehead atoms. The number of carbonyl (C=O) groups excluding carboxylic acids is 2. The second-order valence-corrected chi connectivity index (χ2v) is 6.20. The fourth-order valence-electron chi connectivity index (χ4n) is 2.77. The van der Waals surface area contributed by atoms with Crippen LogP contribution in [0.3, 0.4) is 0 Å². The van der Waals surface area contributed by atoms with Crippen molar-refractivity contribution >= 4 is 11.9 Å². The Bertz CT molecular complexity index is 1030. The fourth-order valence-corrected chi connectivity index (χ4v) is 2.77. The molecule has 150 valence electrons. The van der Waals surface area contributed by atoms with Gasteiger partial charge in [-0.2, -0.15) is 5.10 Å². The minimum absolute atomic E-state index is 0.145. The van der Waals surface area contributed by atoms with Crippen LogP contribution in [-0.2, 0) is 22.6 Å². The molecule has 0 saturated heterocycles. The number of nitrogens with zero attached hydrogens (tertiary/aromatic N) is 2. The lowest BCUT2D eigenvalue weighted by atomic mass is 10.1. The molecule has 3 rings (SSSR count). The largest absolute Gasteiger partial charge is 0.497 e. The zero-order valence-electron chi connectivity index (χ0n) is 16.0. The number of aromatic nitrogens is 2. The van der Waals surface area contributed by atoms with E-state index in [4.69, 9.17) is 9.47 Å². The van der Waals surface area contributed by atoms with E-state index in [1.807, 2.05) is 6.07 Å². The summed E-state index contributed by atoms with van der Waals surface area (Å²) in [5, 5.41) is 7.06. The lowest BCUT2D eigenvalue weighted by molar-refractivity contribution is -0.122. The van der Waals surface area contributed by atoms with E-state index in [1.165, 1.54) is 23.9 Å². The Kier molecular flexibility index (Phi) is 6.23. The van der Waals surface area contributed by atoms with Crippen molar-refractivity contribution in [2.75, 3.05) is 14.2 Å². The summed E-state index contributed by atoms with van der Waals surface area (Å²) in [5.41, 5.74) is 2.01. The highest BCUT2D eigenvalue weighted by atomic mass is 19.1. The number of nitrogens with one attached hydrogen (secondary N) is 1. The van der Waals surface area contributed by atoms with Crippen LogP contribution >= 0.6 is 0 Å². The molecule has 1 heterocycles. The summed E-state index contributed by atoms with van der Waals surface area (Å²) in [6.07, 6.45) is 0.